The zero-order valence-corrected chi connectivity index (χ0v) is 14.0. The standard InChI is InChI=1S/C18H22FNO4/c1-3-12-14(20(4-2)11-5-7-23-8-6-11)10-15-13(9-16(19)24-15)17(12)18(21)22/h9-11H,3-8H2,1-2H3,(H,21,22). The molecular formula is C18H22FNO4. The van der Waals surface area contributed by atoms with Crippen LogP contribution in [0.1, 0.15) is 42.6 Å². The number of carboxylic acids is 1. The Kier molecular flexibility index (Phi) is 4.76. The molecule has 1 aromatic carbocycles. The second-order valence-electron chi connectivity index (χ2n) is 6.00. The van der Waals surface area contributed by atoms with Gasteiger partial charge in [0.1, 0.15) is 5.58 Å². The van der Waals surface area contributed by atoms with Crippen LogP contribution in [0.25, 0.3) is 11.0 Å². The van der Waals surface area contributed by atoms with E-state index in [0.717, 1.165) is 36.7 Å². The minimum Gasteiger partial charge on any atom is -0.478 e. The van der Waals surface area contributed by atoms with E-state index in [1.54, 1.807) is 6.07 Å². The number of nitrogens with zero attached hydrogens (tertiary/aromatic N) is 1. The van der Waals surface area contributed by atoms with Crippen molar-refractivity contribution in [3.8, 4) is 0 Å². The summed E-state index contributed by atoms with van der Waals surface area (Å²) in [5.41, 5.74) is 1.97. The lowest BCUT2D eigenvalue weighted by Crippen LogP contribution is -2.40. The van der Waals surface area contributed by atoms with Gasteiger partial charge in [0.05, 0.1) is 5.56 Å². The maximum atomic E-state index is 13.6. The van der Waals surface area contributed by atoms with Gasteiger partial charge in [0.2, 0.25) is 0 Å². The number of rotatable bonds is 5. The van der Waals surface area contributed by atoms with Crippen LogP contribution in [0.5, 0.6) is 0 Å². The lowest BCUT2D eigenvalue weighted by Gasteiger charge is -2.36. The van der Waals surface area contributed by atoms with Crippen LogP contribution in [0.3, 0.4) is 0 Å². The number of hydrogen-bond donors (Lipinski definition) is 1. The topological polar surface area (TPSA) is 62.9 Å². The molecule has 3 rings (SSSR count). The maximum Gasteiger partial charge on any atom is 0.336 e. The predicted octanol–water partition coefficient (Wildman–Crippen LogP) is 3.84. The van der Waals surface area contributed by atoms with Crippen LogP contribution in [-0.4, -0.2) is 36.9 Å². The number of hydrogen-bond acceptors (Lipinski definition) is 4. The van der Waals surface area contributed by atoms with Crippen molar-refractivity contribution in [2.24, 2.45) is 0 Å². The van der Waals surface area contributed by atoms with Crippen molar-refractivity contribution < 1.29 is 23.4 Å². The number of halogens is 1. The molecule has 5 nitrogen and oxygen atoms in total. The molecule has 0 bridgehead atoms. The van der Waals surface area contributed by atoms with E-state index in [1.807, 2.05) is 13.8 Å². The van der Waals surface area contributed by atoms with Crippen molar-refractivity contribution >= 4 is 22.6 Å². The summed E-state index contributed by atoms with van der Waals surface area (Å²) in [5.74, 6) is -1.05. The summed E-state index contributed by atoms with van der Waals surface area (Å²) in [7, 11) is 0. The molecule has 1 aromatic heterocycles. The van der Waals surface area contributed by atoms with Crippen molar-refractivity contribution in [2.75, 3.05) is 24.7 Å². The zero-order valence-electron chi connectivity index (χ0n) is 14.0. The SMILES string of the molecule is CCc1c(N(CC)C2CCOCC2)cc2oc(F)cc2c1C(=O)O. The Hall–Kier alpha value is -2.08. The van der Waals surface area contributed by atoms with E-state index in [1.165, 1.54) is 0 Å². The fourth-order valence-electron chi connectivity index (χ4n) is 3.66. The van der Waals surface area contributed by atoms with Gasteiger partial charge in [-0.1, -0.05) is 6.92 Å². The highest BCUT2D eigenvalue weighted by atomic mass is 19.1. The van der Waals surface area contributed by atoms with Crippen molar-refractivity contribution in [1.29, 1.82) is 0 Å². The van der Waals surface area contributed by atoms with Crippen LogP contribution in [-0.2, 0) is 11.2 Å². The zero-order chi connectivity index (χ0) is 17.3. The molecule has 2 aromatic rings. The average Bonchev–Trinajstić information content (AvgIpc) is 2.94. The van der Waals surface area contributed by atoms with Gasteiger partial charge in [-0.2, -0.15) is 4.39 Å². The largest absolute Gasteiger partial charge is 0.478 e. The fraction of sp³-hybridized carbons (Fsp3) is 0.500. The summed E-state index contributed by atoms with van der Waals surface area (Å²) >= 11 is 0. The summed E-state index contributed by atoms with van der Waals surface area (Å²) in [6.07, 6.45) is 2.34. The van der Waals surface area contributed by atoms with E-state index in [-0.39, 0.29) is 17.2 Å². The van der Waals surface area contributed by atoms with Gasteiger partial charge >= 0.3 is 5.97 Å². The van der Waals surface area contributed by atoms with Crippen LogP contribution in [0, 0.1) is 6.01 Å². The van der Waals surface area contributed by atoms with Gasteiger partial charge in [-0.15, -0.1) is 0 Å². The molecule has 1 aliphatic heterocycles. The average molecular weight is 335 g/mol. The number of anilines is 1. The van der Waals surface area contributed by atoms with Crippen LogP contribution in [0.15, 0.2) is 16.5 Å². The first-order chi connectivity index (χ1) is 11.6. The fourth-order valence-corrected chi connectivity index (χ4v) is 3.66. The third-order valence-corrected chi connectivity index (χ3v) is 4.73. The second kappa shape index (κ2) is 6.81. The molecule has 0 unspecified atom stereocenters. The minimum atomic E-state index is -1.05. The summed E-state index contributed by atoms with van der Waals surface area (Å²) in [6, 6.07) is 2.46. The highest BCUT2D eigenvalue weighted by molar-refractivity contribution is 6.06. The van der Waals surface area contributed by atoms with Gasteiger partial charge in [0.25, 0.3) is 6.01 Å². The quantitative estimate of drug-likeness (QED) is 0.899. The van der Waals surface area contributed by atoms with Crippen molar-refractivity contribution in [1.82, 2.24) is 0 Å². The molecule has 24 heavy (non-hydrogen) atoms. The van der Waals surface area contributed by atoms with E-state index >= 15 is 0 Å². The minimum absolute atomic E-state index is 0.142. The molecule has 1 N–H and O–H groups in total. The van der Waals surface area contributed by atoms with Crippen molar-refractivity contribution in [2.45, 2.75) is 39.2 Å². The highest BCUT2D eigenvalue weighted by Gasteiger charge is 2.27. The van der Waals surface area contributed by atoms with E-state index in [4.69, 9.17) is 9.15 Å². The number of furan rings is 1. The Morgan fingerprint density at radius 3 is 2.62 bits per heavy atom. The van der Waals surface area contributed by atoms with Crippen molar-refractivity contribution in [3.05, 3.63) is 29.3 Å². The molecule has 1 aliphatic rings. The molecule has 6 heteroatoms. The Bertz CT molecular complexity index is 749. The van der Waals surface area contributed by atoms with E-state index in [9.17, 15) is 14.3 Å². The molecule has 0 amide bonds. The number of carbonyl (C=O) groups is 1. The molecule has 1 saturated heterocycles. The third-order valence-electron chi connectivity index (χ3n) is 4.73. The van der Waals surface area contributed by atoms with Gasteiger partial charge in [-0.25, -0.2) is 4.79 Å². The normalized spacial score (nSPS) is 15.8. The monoisotopic (exact) mass is 335 g/mol. The number of benzene rings is 1. The number of aromatic carboxylic acids is 1. The first-order valence-corrected chi connectivity index (χ1v) is 8.39. The van der Waals surface area contributed by atoms with E-state index < -0.39 is 12.0 Å². The van der Waals surface area contributed by atoms with Gasteiger partial charge in [-0.3, -0.25) is 0 Å². The van der Waals surface area contributed by atoms with Crippen molar-refractivity contribution in [3.63, 3.8) is 0 Å². The molecule has 1 fully saturated rings. The second-order valence-corrected chi connectivity index (χ2v) is 6.00. The summed E-state index contributed by atoms with van der Waals surface area (Å²) < 4.78 is 24.1. The van der Waals surface area contributed by atoms with Crippen LogP contribution in [0.4, 0.5) is 10.1 Å². The Balaban J connectivity index is 2.19. The van der Waals surface area contributed by atoms with E-state index in [0.29, 0.717) is 25.0 Å². The summed E-state index contributed by atoms with van der Waals surface area (Å²) in [4.78, 5) is 14.0. The van der Waals surface area contributed by atoms with Crippen LogP contribution >= 0.6 is 0 Å². The Morgan fingerprint density at radius 1 is 1.33 bits per heavy atom. The smallest absolute Gasteiger partial charge is 0.336 e. The highest BCUT2D eigenvalue weighted by Crippen LogP contribution is 2.36. The first kappa shape index (κ1) is 16.8. The van der Waals surface area contributed by atoms with Gasteiger partial charge in [0, 0.05) is 49.0 Å². The third kappa shape index (κ3) is 2.86. The Morgan fingerprint density at radius 2 is 2.04 bits per heavy atom. The lowest BCUT2D eigenvalue weighted by molar-refractivity contribution is 0.0697. The molecule has 0 aliphatic carbocycles. The number of fused-ring (bicyclic) bond motifs is 1. The predicted molar refractivity (Wildman–Crippen MR) is 89.4 cm³/mol. The molecule has 0 spiro atoms. The molecule has 130 valence electrons. The summed E-state index contributed by atoms with van der Waals surface area (Å²) in [5, 5.41) is 10.0. The Labute approximate surface area is 140 Å². The summed E-state index contributed by atoms with van der Waals surface area (Å²) in [6.45, 7) is 6.11. The molecule has 0 radical (unpaired) electrons. The number of carboxylic acid groups (broad SMARTS) is 1. The van der Waals surface area contributed by atoms with Crippen LogP contribution < -0.4 is 4.90 Å². The lowest BCUT2D eigenvalue weighted by atomic mass is 9.96. The molecule has 0 saturated carbocycles. The number of ether oxygens (including phenoxy) is 1. The molecule has 0 atom stereocenters. The molecular weight excluding hydrogens is 313 g/mol. The van der Waals surface area contributed by atoms with Crippen LogP contribution in [0.2, 0.25) is 0 Å². The maximum absolute atomic E-state index is 13.6. The molecule has 2 heterocycles. The van der Waals surface area contributed by atoms with Gasteiger partial charge in [0.15, 0.2) is 0 Å². The van der Waals surface area contributed by atoms with Gasteiger partial charge < -0.3 is 19.2 Å². The van der Waals surface area contributed by atoms with E-state index in [2.05, 4.69) is 4.90 Å². The first-order valence-electron chi connectivity index (χ1n) is 8.39. The van der Waals surface area contributed by atoms with Gasteiger partial charge in [-0.05, 0) is 31.7 Å².